The van der Waals surface area contributed by atoms with Crippen LogP contribution in [0.1, 0.15) is 16.5 Å². The minimum absolute atomic E-state index is 0.0569. The molecule has 3 heteroatoms. The summed E-state index contributed by atoms with van der Waals surface area (Å²) in [6.07, 6.45) is 0. The number of nitrogen functional groups attached to an aromatic ring is 1. The van der Waals surface area contributed by atoms with Crippen LogP contribution in [0.25, 0.3) is 0 Å². The highest BCUT2D eigenvalue weighted by Gasteiger charge is 2.09. The van der Waals surface area contributed by atoms with Crippen LogP contribution < -0.4 is 11.5 Å². The number of hydrogen-bond acceptors (Lipinski definition) is 3. The van der Waals surface area contributed by atoms with Crippen molar-refractivity contribution in [1.29, 1.82) is 0 Å². The molecule has 0 bridgehead atoms. The topological polar surface area (TPSA) is 52.0 Å². The highest BCUT2D eigenvalue weighted by Crippen LogP contribution is 2.24. The van der Waals surface area contributed by atoms with Crippen molar-refractivity contribution in [3.8, 4) is 0 Å². The SMILES string of the molecule is Nc1cccc(C(N)c2cccs2)c1. The first kappa shape index (κ1) is 9.24. The van der Waals surface area contributed by atoms with Gasteiger partial charge in [0, 0.05) is 10.6 Å². The summed E-state index contributed by atoms with van der Waals surface area (Å²) in [4.78, 5) is 1.16. The van der Waals surface area contributed by atoms with Gasteiger partial charge in [-0.25, -0.2) is 0 Å². The quantitative estimate of drug-likeness (QED) is 0.738. The molecule has 4 N–H and O–H groups in total. The Morgan fingerprint density at radius 3 is 2.64 bits per heavy atom. The van der Waals surface area contributed by atoms with Crippen LogP contribution in [0.15, 0.2) is 41.8 Å². The summed E-state index contributed by atoms with van der Waals surface area (Å²) in [6.45, 7) is 0. The standard InChI is InChI=1S/C11H12N2S/c12-9-4-1-3-8(7-9)11(13)10-5-2-6-14-10/h1-7,11H,12-13H2. The summed E-state index contributed by atoms with van der Waals surface area (Å²) in [6, 6.07) is 11.7. The normalized spacial score (nSPS) is 12.6. The van der Waals surface area contributed by atoms with Gasteiger partial charge in [0.05, 0.1) is 6.04 Å². The van der Waals surface area contributed by atoms with Crippen LogP contribution >= 0.6 is 11.3 Å². The number of nitrogens with two attached hydrogens (primary N) is 2. The van der Waals surface area contributed by atoms with Gasteiger partial charge >= 0.3 is 0 Å². The molecule has 1 aromatic carbocycles. The number of thiophene rings is 1. The molecule has 1 unspecified atom stereocenters. The Morgan fingerprint density at radius 2 is 2.00 bits per heavy atom. The molecule has 0 radical (unpaired) electrons. The molecule has 0 aliphatic carbocycles. The molecular weight excluding hydrogens is 192 g/mol. The van der Waals surface area contributed by atoms with Crippen molar-refractivity contribution < 1.29 is 0 Å². The highest BCUT2D eigenvalue weighted by atomic mass is 32.1. The van der Waals surface area contributed by atoms with E-state index in [1.165, 1.54) is 0 Å². The average Bonchev–Trinajstić information content (AvgIpc) is 2.69. The fourth-order valence-corrected chi connectivity index (χ4v) is 2.14. The van der Waals surface area contributed by atoms with Gasteiger partial charge in [-0.3, -0.25) is 0 Å². The van der Waals surface area contributed by atoms with Crippen molar-refractivity contribution in [1.82, 2.24) is 0 Å². The Morgan fingerprint density at radius 1 is 1.14 bits per heavy atom. The maximum atomic E-state index is 6.08. The van der Waals surface area contributed by atoms with Crippen LogP contribution in [-0.2, 0) is 0 Å². The van der Waals surface area contributed by atoms with E-state index < -0.39 is 0 Å². The smallest absolute Gasteiger partial charge is 0.0646 e. The molecule has 0 aliphatic rings. The summed E-state index contributed by atoms with van der Waals surface area (Å²) >= 11 is 1.67. The Bertz CT molecular complexity index is 409. The molecule has 0 spiro atoms. The molecule has 72 valence electrons. The van der Waals surface area contributed by atoms with E-state index in [2.05, 4.69) is 0 Å². The minimum atomic E-state index is -0.0569. The molecule has 0 aliphatic heterocycles. The number of anilines is 1. The molecule has 2 rings (SSSR count). The summed E-state index contributed by atoms with van der Waals surface area (Å²) in [7, 11) is 0. The minimum Gasteiger partial charge on any atom is -0.399 e. The van der Waals surface area contributed by atoms with Crippen molar-refractivity contribution >= 4 is 17.0 Å². The van der Waals surface area contributed by atoms with E-state index in [1.54, 1.807) is 11.3 Å². The molecule has 2 nitrogen and oxygen atoms in total. The van der Waals surface area contributed by atoms with Crippen LogP contribution in [0.4, 0.5) is 5.69 Å². The van der Waals surface area contributed by atoms with E-state index in [0.717, 1.165) is 16.1 Å². The highest BCUT2D eigenvalue weighted by molar-refractivity contribution is 7.10. The van der Waals surface area contributed by atoms with Crippen LogP contribution in [0, 0.1) is 0 Å². The first-order chi connectivity index (χ1) is 6.77. The maximum Gasteiger partial charge on any atom is 0.0646 e. The zero-order valence-electron chi connectivity index (χ0n) is 7.68. The lowest BCUT2D eigenvalue weighted by Crippen LogP contribution is -2.10. The molecule has 0 saturated carbocycles. The van der Waals surface area contributed by atoms with Crippen LogP contribution in [0.5, 0.6) is 0 Å². The predicted octanol–water partition coefficient (Wildman–Crippen LogP) is 2.38. The van der Waals surface area contributed by atoms with Crippen LogP contribution in [0.3, 0.4) is 0 Å². The molecule has 0 saturated heterocycles. The van der Waals surface area contributed by atoms with Gasteiger partial charge in [-0.2, -0.15) is 0 Å². The molecule has 1 heterocycles. The van der Waals surface area contributed by atoms with Gasteiger partial charge in [-0.05, 0) is 29.1 Å². The zero-order chi connectivity index (χ0) is 9.97. The maximum absolute atomic E-state index is 6.08. The third-order valence-electron chi connectivity index (χ3n) is 2.12. The van der Waals surface area contributed by atoms with Crippen molar-refractivity contribution in [2.75, 3.05) is 5.73 Å². The molecule has 0 fully saturated rings. The van der Waals surface area contributed by atoms with Crippen LogP contribution in [0.2, 0.25) is 0 Å². The monoisotopic (exact) mass is 204 g/mol. The first-order valence-corrected chi connectivity index (χ1v) is 5.30. The van der Waals surface area contributed by atoms with E-state index in [9.17, 15) is 0 Å². The fraction of sp³-hybridized carbons (Fsp3) is 0.0909. The van der Waals surface area contributed by atoms with Gasteiger partial charge in [-0.1, -0.05) is 18.2 Å². The summed E-state index contributed by atoms with van der Waals surface area (Å²) in [5, 5.41) is 2.03. The molecule has 2 aromatic rings. The van der Waals surface area contributed by atoms with Gasteiger partial charge in [0.25, 0.3) is 0 Å². The second kappa shape index (κ2) is 3.82. The van der Waals surface area contributed by atoms with Crippen molar-refractivity contribution in [3.63, 3.8) is 0 Å². The van der Waals surface area contributed by atoms with E-state index >= 15 is 0 Å². The van der Waals surface area contributed by atoms with Gasteiger partial charge in [0.15, 0.2) is 0 Å². The van der Waals surface area contributed by atoms with E-state index in [0.29, 0.717) is 0 Å². The number of rotatable bonds is 2. The Labute approximate surface area is 87.2 Å². The molecule has 1 atom stereocenters. The van der Waals surface area contributed by atoms with Gasteiger partial charge < -0.3 is 11.5 Å². The van der Waals surface area contributed by atoms with Crippen molar-refractivity contribution in [2.45, 2.75) is 6.04 Å². The average molecular weight is 204 g/mol. The van der Waals surface area contributed by atoms with Crippen molar-refractivity contribution in [2.24, 2.45) is 5.73 Å². The second-order valence-electron chi connectivity index (χ2n) is 3.16. The molecule has 0 amide bonds. The lowest BCUT2D eigenvalue weighted by atomic mass is 10.1. The third-order valence-corrected chi connectivity index (χ3v) is 3.07. The molecule has 14 heavy (non-hydrogen) atoms. The summed E-state index contributed by atoms with van der Waals surface area (Å²) < 4.78 is 0. The van der Waals surface area contributed by atoms with Gasteiger partial charge in [-0.15, -0.1) is 11.3 Å². The first-order valence-electron chi connectivity index (χ1n) is 4.42. The van der Waals surface area contributed by atoms with E-state index in [-0.39, 0.29) is 6.04 Å². The number of benzene rings is 1. The second-order valence-corrected chi connectivity index (χ2v) is 4.14. The van der Waals surface area contributed by atoms with Crippen molar-refractivity contribution in [3.05, 3.63) is 52.2 Å². The third kappa shape index (κ3) is 1.78. The van der Waals surface area contributed by atoms with E-state index in [1.807, 2.05) is 41.8 Å². The van der Waals surface area contributed by atoms with Gasteiger partial charge in [0.1, 0.15) is 0 Å². The Balaban J connectivity index is 2.32. The lowest BCUT2D eigenvalue weighted by molar-refractivity contribution is 0.894. The largest absolute Gasteiger partial charge is 0.399 e. The Kier molecular flexibility index (Phi) is 2.52. The molecular formula is C11H12N2S. The summed E-state index contributed by atoms with van der Waals surface area (Å²) in [5.74, 6) is 0. The number of hydrogen-bond donors (Lipinski definition) is 2. The molecule has 1 aromatic heterocycles. The lowest BCUT2D eigenvalue weighted by Gasteiger charge is -2.10. The predicted molar refractivity (Wildman–Crippen MR) is 61.2 cm³/mol. The fourth-order valence-electron chi connectivity index (χ4n) is 1.38. The van der Waals surface area contributed by atoms with Crippen LogP contribution in [-0.4, -0.2) is 0 Å². The van der Waals surface area contributed by atoms with Gasteiger partial charge in [0.2, 0.25) is 0 Å². The Hall–Kier alpha value is -1.32. The summed E-state index contributed by atoms with van der Waals surface area (Å²) in [5.41, 5.74) is 13.6. The van der Waals surface area contributed by atoms with E-state index in [4.69, 9.17) is 11.5 Å². The zero-order valence-corrected chi connectivity index (χ0v) is 8.50.